The fraction of sp³-hybridized carbons (Fsp3) is 0.389. The molecule has 22 heavy (non-hydrogen) atoms. The molecule has 0 heterocycles. The number of benzene rings is 2. The van der Waals surface area contributed by atoms with E-state index in [4.69, 9.17) is 5.73 Å². The number of carbonyl (C=O) groups is 1. The average molecular weight is 321 g/mol. The Hall–Kier alpha value is -1.58. The van der Waals surface area contributed by atoms with Gasteiger partial charge in [0.1, 0.15) is 0 Å². The zero-order valence-corrected chi connectivity index (χ0v) is 14.1. The van der Waals surface area contributed by atoms with E-state index in [1.807, 2.05) is 18.2 Å². The Balaban J connectivity index is 0.00000242. The predicted octanol–water partition coefficient (Wildman–Crippen LogP) is 3.44. The molecule has 0 atom stereocenters. The summed E-state index contributed by atoms with van der Waals surface area (Å²) in [6.07, 6.45) is 2.12. The van der Waals surface area contributed by atoms with Crippen LogP contribution in [-0.4, -0.2) is 18.0 Å². The third kappa shape index (κ3) is 4.72. The zero-order valence-electron chi connectivity index (χ0n) is 13.3. The molecule has 2 aromatic rings. The number of nitrogens with one attached hydrogen (secondary N) is 1. The van der Waals surface area contributed by atoms with Crippen LogP contribution in [0, 0.1) is 0 Å². The minimum absolute atomic E-state index is 0. The maximum Gasteiger partial charge on any atom is 0.224 e. The first kappa shape index (κ1) is 18.5. The second-order valence-electron chi connectivity index (χ2n) is 5.70. The normalized spacial score (nSPS) is 11.0. The topological polar surface area (TPSA) is 55.1 Å². The molecule has 0 spiro atoms. The van der Waals surface area contributed by atoms with Crippen molar-refractivity contribution in [3.8, 4) is 0 Å². The Labute approximate surface area is 138 Å². The molecule has 120 valence electrons. The van der Waals surface area contributed by atoms with Gasteiger partial charge in [-0.2, -0.15) is 0 Å². The fourth-order valence-electron chi connectivity index (χ4n) is 2.37. The zero-order chi connectivity index (χ0) is 15.3. The minimum Gasteiger partial charge on any atom is -0.354 e. The summed E-state index contributed by atoms with van der Waals surface area (Å²) in [6, 6.07) is 14.3. The second-order valence-corrected chi connectivity index (χ2v) is 5.70. The minimum atomic E-state index is -0.293. The SMILES string of the molecule is CCC(N)(CC)CNC(=O)Cc1ccc2ccccc2c1.Cl. The van der Waals surface area contributed by atoms with Gasteiger partial charge in [-0.05, 0) is 29.2 Å². The molecular formula is C18H25ClN2O. The molecule has 0 bridgehead atoms. The summed E-state index contributed by atoms with van der Waals surface area (Å²) in [5.74, 6) is 0.0296. The van der Waals surface area contributed by atoms with E-state index in [1.165, 1.54) is 5.39 Å². The maximum atomic E-state index is 12.1. The lowest BCUT2D eigenvalue weighted by molar-refractivity contribution is -0.120. The molecule has 0 fully saturated rings. The summed E-state index contributed by atoms with van der Waals surface area (Å²) >= 11 is 0. The number of amides is 1. The number of fused-ring (bicyclic) bond motifs is 1. The molecule has 0 radical (unpaired) electrons. The van der Waals surface area contributed by atoms with E-state index >= 15 is 0 Å². The van der Waals surface area contributed by atoms with Crippen LogP contribution >= 0.6 is 12.4 Å². The molecule has 0 saturated heterocycles. The van der Waals surface area contributed by atoms with Gasteiger partial charge in [-0.3, -0.25) is 4.79 Å². The number of nitrogens with two attached hydrogens (primary N) is 1. The first-order valence-corrected chi connectivity index (χ1v) is 7.59. The Morgan fingerprint density at radius 2 is 1.73 bits per heavy atom. The van der Waals surface area contributed by atoms with Gasteiger partial charge in [0.2, 0.25) is 5.91 Å². The fourth-order valence-corrected chi connectivity index (χ4v) is 2.37. The van der Waals surface area contributed by atoms with Gasteiger partial charge in [0.05, 0.1) is 6.42 Å². The molecule has 0 aliphatic carbocycles. The quantitative estimate of drug-likeness (QED) is 0.856. The highest BCUT2D eigenvalue weighted by Crippen LogP contribution is 2.16. The third-order valence-electron chi connectivity index (χ3n) is 4.22. The Kier molecular flexibility index (Phi) is 6.85. The van der Waals surface area contributed by atoms with Gasteiger partial charge in [-0.25, -0.2) is 0 Å². The van der Waals surface area contributed by atoms with Crippen molar-refractivity contribution >= 4 is 29.1 Å². The van der Waals surface area contributed by atoms with Crippen LogP contribution < -0.4 is 11.1 Å². The van der Waals surface area contributed by atoms with Crippen molar-refractivity contribution in [2.75, 3.05) is 6.54 Å². The van der Waals surface area contributed by atoms with Crippen LogP contribution in [0.3, 0.4) is 0 Å². The van der Waals surface area contributed by atoms with Gasteiger partial charge in [-0.1, -0.05) is 56.3 Å². The molecule has 1 amide bonds. The van der Waals surface area contributed by atoms with Crippen molar-refractivity contribution in [1.29, 1.82) is 0 Å². The highest BCUT2D eigenvalue weighted by Gasteiger charge is 2.20. The molecular weight excluding hydrogens is 296 g/mol. The molecule has 2 aromatic carbocycles. The van der Waals surface area contributed by atoms with Crippen molar-refractivity contribution in [2.45, 2.75) is 38.6 Å². The monoisotopic (exact) mass is 320 g/mol. The van der Waals surface area contributed by atoms with Crippen LogP contribution in [0.2, 0.25) is 0 Å². The van der Waals surface area contributed by atoms with E-state index in [-0.39, 0.29) is 23.9 Å². The van der Waals surface area contributed by atoms with E-state index < -0.39 is 0 Å². The summed E-state index contributed by atoms with van der Waals surface area (Å²) in [6.45, 7) is 4.64. The van der Waals surface area contributed by atoms with E-state index in [2.05, 4.69) is 43.4 Å². The molecule has 0 unspecified atom stereocenters. The second kappa shape index (κ2) is 8.16. The first-order chi connectivity index (χ1) is 10.1. The summed E-state index contributed by atoms with van der Waals surface area (Å²) < 4.78 is 0. The van der Waals surface area contributed by atoms with Crippen LogP contribution in [0.15, 0.2) is 42.5 Å². The molecule has 3 N–H and O–H groups in total. The molecule has 3 nitrogen and oxygen atoms in total. The average Bonchev–Trinajstić information content (AvgIpc) is 2.52. The summed E-state index contributed by atoms with van der Waals surface area (Å²) in [7, 11) is 0. The van der Waals surface area contributed by atoms with Crippen molar-refractivity contribution < 1.29 is 4.79 Å². The molecule has 2 rings (SSSR count). The van der Waals surface area contributed by atoms with Gasteiger partial charge in [0.15, 0.2) is 0 Å². The number of carbonyl (C=O) groups excluding carboxylic acids is 1. The van der Waals surface area contributed by atoms with Crippen molar-refractivity contribution in [1.82, 2.24) is 5.32 Å². The number of hydrogen-bond donors (Lipinski definition) is 2. The van der Waals surface area contributed by atoms with Crippen LogP contribution in [0.25, 0.3) is 10.8 Å². The van der Waals surface area contributed by atoms with Crippen molar-refractivity contribution in [2.24, 2.45) is 5.73 Å². The predicted molar refractivity (Wildman–Crippen MR) is 95.4 cm³/mol. The van der Waals surface area contributed by atoms with Crippen molar-refractivity contribution in [3.63, 3.8) is 0 Å². The Morgan fingerprint density at radius 3 is 2.36 bits per heavy atom. The van der Waals surface area contributed by atoms with Gasteiger partial charge < -0.3 is 11.1 Å². The number of halogens is 1. The van der Waals surface area contributed by atoms with Gasteiger partial charge in [-0.15, -0.1) is 12.4 Å². The van der Waals surface area contributed by atoms with Crippen LogP contribution in [0.1, 0.15) is 32.3 Å². The number of hydrogen-bond acceptors (Lipinski definition) is 2. The molecule has 0 aliphatic rings. The van der Waals surface area contributed by atoms with E-state index in [0.717, 1.165) is 23.8 Å². The summed E-state index contributed by atoms with van der Waals surface area (Å²) in [5.41, 5.74) is 6.93. The first-order valence-electron chi connectivity index (χ1n) is 7.59. The maximum absolute atomic E-state index is 12.1. The van der Waals surface area contributed by atoms with Gasteiger partial charge in [0.25, 0.3) is 0 Å². The lowest BCUT2D eigenvalue weighted by Crippen LogP contribution is -2.49. The van der Waals surface area contributed by atoms with E-state index in [1.54, 1.807) is 0 Å². The lowest BCUT2D eigenvalue weighted by atomic mass is 9.94. The lowest BCUT2D eigenvalue weighted by Gasteiger charge is -2.26. The highest BCUT2D eigenvalue weighted by atomic mass is 35.5. The van der Waals surface area contributed by atoms with Gasteiger partial charge >= 0.3 is 0 Å². The van der Waals surface area contributed by atoms with Crippen LogP contribution in [0.4, 0.5) is 0 Å². The standard InChI is InChI=1S/C18H24N2O.ClH/c1-3-18(19,4-2)13-20-17(21)12-14-9-10-15-7-5-6-8-16(15)11-14;/h5-11H,3-4,12-13,19H2,1-2H3,(H,20,21);1H. The smallest absolute Gasteiger partial charge is 0.224 e. The third-order valence-corrected chi connectivity index (χ3v) is 4.22. The highest BCUT2D eigenvalue weighted by molar-refractivity contribution is 5.86. The summed E-state index contributed by atoms with van der Waals surface area (Å²) in [5, 5.41) is 5.32. The van der Waals surface area contributed by atoms with Gasteiger partial charge in [0, 0.05) is 12.1 Å². The molecule has 0 aliphatic heterocycles. The molecule has 0 saturated carbocycles. The van der Waals surface area contributed by atoms with E-state index in [9.17, 15) is 4.79 Å². The Bertz CT molecular complexity index is 623. The largest absolute Gasteiger partial charge is 0.354 e. The van der Waals surface area contributed by atoms with Crippen LogP contribution in [0.5, 0.6) is 0 Å². The van der Waals surface area contributed by atoms with Crippen LogP contribution in [-0.2, 0) is 11.2 Å². The molecule has 4 heteroatoms. The summed E-state index contributed by atoms with van der Waals surface area (Å²) in [4.78, 5) is 12.1. The van der Waals surface area contributed by atoms with E-state index in [0.29, 0.717) is 13.0 Å². The van der Waals surface area contributed by atoms with Crippen molar-refractivity contribution in [3.05, 3.63) is 48.0 Å². The number of rotatable bonds is 6. The molecule has 0 aromatic heterocycles. The Morgan fingerprint density at radius 1 is 1.09 bits per heavy atom.